The number of phenolic OH excluding ortho intramolecular Hbond substituents is 1. The van der Waals surface area contributed by atoms with E-state index in [0.29, 0.717) is 44.7 Å². The topological polar surface area (TPSA) is 72.9 Å². The molecule has 2 aromatic rings. The third kappa shape index (κ3) is 5.15. The van der Waals surface area contributed by atoms with Crippen molar-refractivity contribution in [3.05, 3.63) is 54.1 Å². The van der Waals surface area contributed by atoms with Crippen molar-refractivity contribution >= 4 is 23.2 Å². The number of nitrogens with one attached hydrogen (secondary N) is 1. The number of carbonyl (C=O) groups excluding carboxylic acids is 2. The number of para-hydroxylation sites is 3. The van der Waals surface area contributed by atoms with Gasteiger partial charge in [0, 0.05) is 18.2 Å². The van der Waals surface area contributed by atoms with Gasteiger partial charge in [-0.15, -0.1) is 0 Å². The molecule has 2 amide bonds. The molecular weight excluding hydrogens is 366 g/mol. The Balaban J connectivity index is 1.52. The number of rotatable bonds is 6. The molecular formula is C23H29N3O3. The lowest BCUT2D eigenvalue weighted by molar-refractivity contribution is -0.122. The van der Waals surface area contributed by atoms with Crippen LogP contribution in [0.25, 0.3) is 0 Å². The smallest absolute Gasteiger partial charge is 0.241 e. The summed E-state index contributed by atoms with van der Waals surface area (Å²) < 4.78 is 0. The van der Waals surface area contributed by atoms with E-state index in [-0.39, 0.29) is 23.5 Å². The number of carbonyl (C=O) groups is 2. The minimum Gasteiger partial charge on any atom is -0.506 e. The van der Waals surface area contributed by atoms with Crippen molar-refractivity contribution in [2.75, 3.05) is 36.4 Å². The summed E-state index contributed by atoms with van der Waals surface area (Å²) in [5, 5.41) is 12.6. The Hall–Kier alpha value is -2.86. The van der Waals surface area contributed by atoms with E-state index in [0.717, 1.165) is 11.3 Å². The fourth-order valence-electron chi connectivity index (χ4n) is 3.79. The van der Waals surface area contributed by atoms with Crippen LogP contribution in [0.3, 0.4) is 0 Å². The predicted octanol–water partition coefficient (Wildman–Crippen LogP) is 3.40. The van der Waals surface area contributed by atoms with Gasteiger partial charge < -0.3 is 15.3 Å². The Morgan fingerprint density at radius 2 is 1.76 bits per heavy atom. The molecule has 2 N–H and O–H groups in total. The highest BCUT2D eigenvalue weighted by Crippen LogP contribution is 2.25. The van der Waals surface area contributed by atoms with Gasteiger partial charge in [-0.3, -0.25) is 14.5 Å². The van der Waals surface area contributed by atoms with Crippen molar-refractivity contribution in [1.29, 1.82) is 0 Å². The van der Waals surface area contributed by atoms with E-state index in [1.165, 1.54) is 0 Å². The van der Waals surface area contributed by atoms with Crippen LogP contribution in [-0.4, -0.2) is 48.0 Å². The van der Waals surface area contributed by atoms with E-state index < -0.39 is 0 Å². The standard InChI is InChI=1S/C23H29N3O3/c1-3-26(20-10-6-4-8-17(20)2)22(28)16-25-14-12-18(13-15-25)23(29)24-19-9-5-7-11-21(19)27/h4-11,18,27H,3,12-16H2,1-2H3,(H,24,29). The Kier molecular flexibility index (Phi) is 6.88. The van der Waals surface area contributed by atoms with Crippen molar-refractivity contribution in [3.63, 3.8) is 0 Å². The summed E-state index contributed by atoms with van der Waals surface area (Å²) in [5.41, 5.74) is 2.48. The number of hydrogen-bond acceptors (Lipinski definition) is 4. The fourth-order valence-corrected chi connectivity index (χ4v) is 3.79. The lowest BCUT2D eigenvalue weighted by Gasteiger charge is -2.32. The van der Waals surface area contributed by atoms with Crippen molar-refractivity contribution in [3.8, 4) is 5.75 Å². The number of amides is 2. The number of anilines is 2. The molecule has 2 aromatic carbocycles. The highest BCUT2D eigenvalue weighted by atomic mass is 16.3. The summed E-state index contributed by atoms with van der Waals surface area (Å²) in [5.74, 6) is -0.0363. The minimum absolute atomic E-state index is 0.0692. The largest absolute Gasteiger partial charge is 0.506 e. The third-order valence-corrected chi connectivity index (χ3v) is 5.50. The maximum absolute atomic E-state index is 12.9. The van der Waals surface area contributed by atoms with Crippen molar-refractivity contribution in [1.82, 2.24) is 4.90 Å². The summed E-state index contributed by atoms with van der Waals surface area (Å²) in [7, 11) is 0. The first-order chi connectivity index (χ1) is 14.0. The van der Waals surface area contributed by atoms with E-state index in [1.54, 1.807) is 24.3 Å². The van der Waals surface area contributed by atoms with Crippen LogP contribution in [0.4, 0.5) is 11.4 Å². The van der Waals surface area contributed by atoms with Crippen LogP contribution in [0.1, 0.15) is 25.3 Å². The molecule has 0 atom stereocenters. The summed E-state index contributed by atoms with van der Waals surface area (Å²) in [6.45, 7) is 6.39. The van der Waals surface area contributed by atoms with E-state index >= 15 is 0 Å². The molecule has 0 unspecified atom stereocenters. The van der Waals surface area contributed by atoms with Gasteiger partial charge in [-0.2, -0.15) is 0 Å². The molecule has 6 nitrogen and oxygen atoms in total. The van der Waals surface area contributed by atoms with Gasteiger partial charge in [0.2, 0.25) is 11.8 Å². The Morgan fingerprint density at radius 3 is 2.41 bits per heavy atom. The zero-order valence-electron chi connectivity index (χ0n) is 17.1. The quantitative estimate of drug-likeness (QED) is 0.736. The Bertz CT molecular complexity index is 860. The number of likely N-dealkylation sites (N-methyl/N-ethyl adjacent to an activating group) is 1. The molecule has 1 fully saturated rings. The van der Waals surface area contributed by atoms with Crippen molar-refractivity contribution in [2.24, 2.45) is 5.92 Å². The van der Waals surface area contributed by atoms with Crippen LogP contribution < -0.4 is 10.2 Å². The number of aromatic hydroxyl groups is 1. The lowest BCUT2D eigenvalue weighted by Crippen LogP contribution is -2.45. The average molecular weight is 396 g/mol. The Morgan fingerprint density at radius 1 is 1.10 bits per heavy atom. The Labute approximate surface area is 172 Å². The summed E-state index contributed by atoms with van der Waals surface area (Å²) >= 11 is 0. The lowest BCUT2D eigenvalue weighted by atomic mass is 9.95. The number of piperidine rings is 1. The second kappa shape index (κ2) is 9.56. The second-order valence-electron chi connectivity index (χ2n) is 7.48. The molecule has 1 saturated heterocycles. The molecule has 0 radical (unpaired) electrons. The molecule has 3 rings (SSSR count). The summed E-state index contributed by atoms with van der Waals surface area (Å²) in [4.78, 5) is 29.3. The predicted molar refractivity (Wildman–Crippen MR) is 115 cm³/mol. The number of likely N-dealkylation sites (tertiary alicyclic amines) is 1. The van der Waals surface area contributed by atoms with Gasteiger partial charge in [0.05, 0.1) is 12.2 Å². The zero-order valence-corrected chi connectivity index (χ0v) is 17.1. The molecule has 0 spiro atoms. The highest BCUT2D eigenvalue weighted by Gasteiger charge is 2.27. The molecule has 1 heterocycles. The van der Waals surface area contributed by atoms with Crippen LogP contribution in [0.5, 0.6) is 5.75 Å². The summed E-state index contributed by atoms with van der Waals surface area (Å²) in [6.07, 6.45) is 1.40. The maximum Gasteiger partial charge on any atom is 0.241 e. The molecule has 0 aromatic heterocycles. The molecule has 0 saturated carbocycles. The van der Waals surface area contributed by atoms with Gasteiger partial charge in [0.15, 0.2) is 0 Å². The van der Waals surface area contributed by atoms with Gasteiger partial charge in [0.25, 0.3) is 0 Å². The highest BCUT2D eigenvalue weighted by molar-refractivity contribution is 5.96. The van der Waals surface area contributed by atoms with Gasteiger partial charge in [-0.25, -0.2) is 0 Å². The molecule has 0 bridgehead atoms. The third-order valence-electron chi connectivity index (χ3n) is 5.50. The van der Waals surface area contributed by atoms with Crippen LogP contribution in [-0.2, 0) is 9.59 Å². The molecule has 1 aliphatic heterocycles. The average Bonchev–Trinajstić information content (AvgIpc) is 2.72. The zero-order chi connectivity index (χ0) is 20.8. The number of benzene rings is 2. The van der Waals surface area contributed by atoms with E-state index in [2.05, 4.69) is 10.2 Å². The second-order valence-corrected chi connectivity index (χ2v) is 7.48. The number of phenols is 1. The monoisotopic (exact) mass is 395 g/mol. The normalized spacial score (nSPS) is 15.1. The summed E-state index contributed by atoms with van der Waals surface area (Å²) in [6, 6.07) is 14.7. The van der Waals surface area contributed by atoms with E-state index in [4.69, 9.17) is 0 Å². The molecule has 6 heteroatoms. The van der Waals surface area contributed by atoms with Crippen LogP contribution in [0.15, 0.2) is 48.5 Å². The number of hydrogen-bond donors (Lipinski definition) is 2. The van der Waals surface area contributed by atoms with Gasteiger partial charge in [-0.1, -0.05) is 30.3 Å². The first-order valence-electron chi connectivity index (χ1n) is 10.2. The van der Waals surface area contributed by atoms with Gasteiger partial charge in [0.1, 0.15) is 5.75 Å². The minimum atomic E-state index is -0.111. The first-order valence-corrected chi connectivity index (χ1v) is 10.2. The van der Waals surface area contributed by atoms with Gasteiger partial charge >= 0.3 is 0 Å². The number of nitrogens with zero attached hydrogens (tertiary/aromatic N) is 2. The maximum atomic E-state index is 12.9. The molecule has 154 valence electrons. The van der Waals surface area contributed by atoms with Gasteiger partial charge in [-0.05, 0) is 63.5 Å². The van der Waals surface area contributed by atoms with Crippen LogP contribution >= 0.6 is 0 Å². The molecule has 29 heavy (non-hydrogen) atoms. The number of aryl methyl sites for hydroxylation is 1. The van der Waals surface area contributed by atoms with Crippen LogP contribution in [0.2, 0.25) is 0 Å². The molecule has 1 aliphatic rings. The van der Waals surface area contributed by atoms with Crippen molar-refractivity contribution < 1.29 is 14.7 Å². The van der Waals surface area contributed by atoms with Crippen molar-refractivity contribution in [2.45, 2.75) is 26.7 Å². The SMILES string of the molecule is CCN(C(=O)CN1CCC(C(=O)Nc2ccccc2O)CC1)c1ccccc1C. The van der Waals surface area contributed by atoms with E-state index in [9.17, 15) is 14.7 Å². The first kappa shape index (κ1) is 20.9. The van der Waals surface area contributed by atoms with Crippen LogP contribution in [0, 0.1) is 12.8 Å². The molecule has 0 aliphatic carbocycles. The fraction of sp³-hybridized carbons (Fsp3) is 0.391. The van der Waals surface area contributed by atoms with E-state index in [1.807, 2.05) is 43.0 Å².